The van der Waals surface area contributed by atoms with Gasteiger partial charge in [-0.05, 0) is 55.8 Å². The Balaban J connectivity index is 1.86. The second kappa shape index (κ2) is 8.04. The third-order valence-corrected chi connectivity index (χ3v) is 4.88. The number of aryl methyl sites for hydroxylation is 1. The zero-order valence-electron chi connectivity index (χ0n) is 17.3. The molecule has 1 unspecified atom stereocenters. The SMILES string of the molecule is CC(=O)NCc1cc(-c2cccc(C(C)N)n2)cc2nn(-c3cccc(C)n3)cc12. The molecule has 3 aromatic heterocycles. The first-order valence-corrected chi connectivity index (χ1v) is 9.84. The van der Waals surface area contributed by atoms with E-state index in [1.165, 1.54) is 6.92 Å². The molecule has 0 bridgehead atoms. The minimum atomic E-state index is -0.154. The first-order chi connectivity index (χ1) is 14.4. The molecule has 0 spiro atoms. The monoisotopic (exact) mass is 400 g/mol. The molecule has 1 atom stereocenters. The van der Waals surface area contributed by atoms with Gasteiger partial charge < -0.3 is 11.1 Å². The van der Waals surface area contributed by atoms with Crippen molar-refractivity contribution in [2.24, 2.45) is 5.73 Å². The zero-order valence-corrected chi connectivity index (χ0v) is 17.3. The lowest BCUT2D eigenvalue weighted by Crippen LogP contribution is -2.19. The van der Waals surface area contributed by atoms with Gasteiger partial charge in [-0.1, -0.05) is 12.1 Å². The van der Waals surface area contributed by atoms with E-state index < -0.39 is 0 Å². The first kappa shape index (κ1) is 19.7. The van der Waals surface area contributed by atoms with Crippen molar-refractivity contribution in [1.82, 2.24) is 25.1 Å². The van der Waals surface area contributed by atoms with Gasteiger partial charge >= 0.3 is 0 Å². The molecule has 7 nitrogen and oxygen atoms in total. The quantitative estimate of drug-likeness (QED) is 0.535. The summed E-state index contributed by atoms with van der Waals surface area (Å²) >= 11 is 0. The van der Waals surface area contributed by atoms with Gasteiger partial charge in [0.2, 0.25) is 5.91 Å². The van der Waals surface area contributed by atoms with Crippen molar-refractivity contribution >= 4 is 16.8 Å². The molecule has 4 aromatic rings. The van der Waals surface area contributed by atoms with Crippen molar-refractivity contribution in [1.29, 1.82) is 0 Å². The van der Waals surface area contributed by atoms with Crippen molar-refractivity contribution < 1.29 is 4.79 Å². The van der Waals surface area contributed by atoms with Crippen LogP contribution in [-0.2, 0) is 11.3 Å². The molecule has 0 saturated carbocycles. The normalized spacial score (nSPS) is 12.1. The van der Waals surface area contributed by atoms with Crippen molar-refractivity contribution in [2.45, 2.75) is 33.4 Å². The summed E-state index contributed by atoms with van der Waals surface area (Å²) in [5, 5.41) is 8.59. The van der Waals surface area contributed by atoms with Crippen LogP contribution in [0.1, 0.15) is 36.8 Å². The number of hydrogen-bond donors (Lipinski definition) is 2. The van der Waals surface area contributed by atoms with Gasteiger partial charge in [-0.3, -0.25) is 9.78 Å². The van der Waals surface area contributed by atoms with E-state index in [-0.39, 0.29) is 11.9 Å². The molecule has 0 aliphatic heterocycles. The molecular formula is C23H24N6O. The number of nitrogens with two attached hydrogens (primary N) is 1. The molecule has 1 aromatic carbocycles. The number of fused-ring (bicyclic) bond motifs is 1. The number of rotatable bonds is 5. The maximum absolute atomic E-state index is 11.5. The summed E-state index contributed by atoms with van der Waals surface area (Å²) in [5.41, 5.74) is 11.3. The molecule has 0 fully saturated rings. The molecule has 0 saturated heterocycles. The smallest absolute Gasteiger partial charge is 0.217 e. The zero-order chi connectivity index (χ0) is 21.3. The number of carbonyl (C=O) groups excluding carboxylic acids is 1. The Morgan fingerprint density at radius 2 is 1.97 bits per heavy atom. The standard InChI is InChI=1S/C23H24N6O/c1-14-6-4-9-23(26-14)29-13-19-18(12-25-16(3)30)10-17(11-22(19)28-29)21-8-5-7-20(27-21)15(2)24/h4-11,13,15H,12,24H2,1-3H3,(H,25,30). The fourth-order valence-corrected chi connectivity index (χ4v) is 3.35. The first-order valence-electron chi connectivity index (χ1n) is 9.84. The lowest BCUT2D eigenvalue weighted by atomic mass is 10.0. The van der Waals surface area contributed by atoms with E-state index in [4.69, 9.17) is 15.8 Å². The van der Waals surface area contributed by atoms with E-state index in [0.29, 0.717) is 6.54 Å². The summed E-state index contributed by atoms with van der Waals surface area (Å²) < 4.78 is 1.77. The summed E-state index contributed by atoms with van der Waals surface area (Å²) in [4.78, 5) is 20.8. The Kier molecular flexibility index (Phi) is 5.29. The Morgan fingerprint density at radius 3 is 2.70 bits per heavy atom. The predicted molar refractivity (Wildman–Crippen MR) is 117 cm³/mol. The molecule has 0 aliphatic carbocycles. The minimum absolute atomic E-state index is 0.0848. The summed E-state index contributed by atoms with van der Waals surface area (Å²) in [7, 11) is 0. The highest BCUT2D eigenvalue weighted by Gasteiger charge is 2.13. The van der Waals surface area contributed by atoms with Crippen LogP contribution in [0.25, 0.3) is 28.0 Å². The number of nitrogens with zero attached hydrogens (tertiary/aromatic N) is 4. The predicted octanol–water partition coefficient (Wildman–Crippen LogP) is 3.45. The number of pyridine rings is 2. The molecule has 0 aliphatic rings. The fourth-order valence-electron chi connectivity index (χ4n) is 3.35. The molecule has 3 N–H and O–H groups in total. The highest BCUT2D eigenvalue weighted by Crippen LogP contribution is 2.28. The number of hydrogen-bond acceptors (Lipinski definition) is 5. The van der Waals surface area contributed by atoms with Crippen LogP contribution in [0.3, 0.4) is 0 Å². The maximum atomic E-state index is 11.5. The lowest BCUT2D eigenvalue weighted by Gasteiger charge is -2.10. The summed E-state index contributed by atoms with van der Waals surface area (Å²) in [6, 6.07) is 15.5. The second-order valence-corrected chi connectivity index (χ2v) is 7.43. The van der Waals surface area contributed by atoms with Crippen LogP contribution < -0.4 is 11.1 Å². The van der Waals surface area contributed by atoms with Crippen LogP contribution in [0.2, 0.25) is 0 Å². The number of amides is 1. The average Bonchev–Trinajstić information content (AvgIpc) is 3.16. The van der Waals surface area contributed by atoms with Crippen LogP contribution in [0.4, 0.5) is 0 Å². The number of aromatic nitrogens is 4. The van der Waals surface area contributed by atoms with Crippen LogP contribution in [0.15, 0.2) is 54.7 Å². The summed E-state index contributed by atoms with van der Waals surface area (Å²) in [6.45, 7) is 5.77. The van der Waals surface area contributed by atoms with Gasteiger partial charge in [0.25, 0.3) is 0 Å². The topological polar surface area (TPSA) is 98.7 Å². The molecule has 4 rings (SSSR count). The van der Waals surface area contributed by atoms with Crippen molar-refractivity contribution in [3.8, 4) is 17.1 Å². The van der Waals surface area contributed by atoms with Crippen LogP contribution in [0, 0.1) is 6.92 Å². The molecule has 1 amide bonds. The van der Waals surface area contributed by atoms with Gasteiger partial charge in [0.1, 0.15) is 0 Å². The minimum Gasteiger partial charge on any atom is -0.352 e. The van der Waals surface area contributed by atoms with Crippen LogP contribution in [0.5, 0.6) is 0 Å². The van der Waals surface area contributed by atoms with Crippen LogP contribution in [-0.4, -0.2) is 25.7 Å². The molecule has 30 heavy (non-hydrogen) atoms. The van der Waals surface area contributed by atoms with E-state index in [1.54, 1.807) is 4.68 Å². The molecular weight excluding hydrogens is 376 g/mol. The Bertz CT molecular complexity index is 1230. The number of benzene rings is 1. The van der Waals surface area contributed by atoms with Gasteiger partial charge in [0, 0.05) is 42.4 Å². The van der Waals surface area contributed by atoms with Crippen LogP contribution >= 0.6 is 0 Å². The van der Waals surface area contributed by atoms with Gasteiger partial charge in [0.05, 0.1) is 16.9 Å². The Hall–Kier alpha value is -3.58. The number of carbonyl (C=O) groups is 1. The third-order valence-electron chi connectivity index (χ3n) is 4.88. The van der Waals surface area contributed by atoms with Crippen molar-refractivity contribution in [3.05, 3.63) is 71.7 Å². The number of nitrogens with one attached hydrogen (secondary N) is 1. The average molecular weight is 400 g/mol. The molecule has 3 heterocycles. The largest absolute Gasteiger partial charge is 0.352 e. The molecule has 152 valence electrons. The van der Waals surface area contributed by atoms with Crippen molar-refractivity contribution in [3.63, 3.8) is 0 Å². The summed E-state index contributed by atoms with van der Waals surface area (Å²) in [5.74, 6) is 0.661. The fraction of sp³-hybridized carbons (Fsp3) is 0.217. The van der Waals surface area contributed by atoms with E-state index in [9.17, 15) is 4.79 Å². The van der Waals surface area contributed by atoms with E-state index >= 15 is 0 Å². The van der Waals surface area contributed by atoms with Gasteiger partial charge in [-0.25, -0.2) is 9.67 Å². The van der Waals surface area contributed by atoms with Gasteiger partial charge in [0.15, 0.2) is 5.82 Å². The second-order valence-electron chi connectivity index (χ2n) is 7.43. The summed E-state index contributed by atoms with van der Waals surface area (Å²) in [6.07, 6.45) is 1.95. The highest BCUT2D eigenvalue weighted by atomic mass is 16.1. The molecule has 7 heteroatoms. The maximum Gasteiger partial charge on any atom is 0.217 e. The van der Waals surface area contributed by atoms with Gasteiger partial charge in [-0.2, -0.15) is 5.10 Å². The van der Waals surface area contributed by atoms with Gasteiger partial charge in [-0.15, -0.1) is 0 Å². The molecule has 0 radical (unpaired) electrons. The van der Waals surface area contributed by atoms with E-state index in [2.05, 4.69) is 10.3 Å². The third kappa shape index (κ3) is 4.06. The Labute approximate surface area is 175 Å². The van der Waals surface area contributed by atoms with E-state index in [1.807, 2.05) is 68.6 Å². The van der Waals surface area contributed by atoms with E-state index in [0.717, 1.165) is 44.9 Å². The Morgan fingerprint density at radius 1 is 1.17 bits per heavy atom. The van der Waals surface area contributed by atoms with Crippen molar-refractivity contribution in [2.75, 3.05) is 0 Å². The lowest BCUT2D eigenvalue weighted by molar-refractivity contribution is -0.119. The highest BCUT2D eigenvalue weighted by molar-refractivity contribution is 5.87.